The number of nitrogens with one attached hydrogen (secondary N) is 4. The van der Waals surface area contributed by atoms with E-state index in [1.165, 1.54) is 18.0 Å². The minimum Gasteiger partial charge on any atom is -0.444 e. The van der Waals surface area contributed by atoms with Gasteiger partial charge in [-0.3, -0.25) is 19.2 Å². The molecule has 17 heteroatoms. The molecule has 1 aliphatic carbocycles. The van der Waals surface area contributed by atoms with Gasteiger partial charge in [-0.15, -0.1) is 6.58 Å². The molecule has 0 bridgehead atoms. The maximum absolute atomic E-state index is 14.7. The van der Waals surface area contributed by atoms with Crippen LogP contribution < -0.4 is 21.3 Å². The fourth-order valence-corrected chi connectivity index (χ4v) is 7.71. The van der Waals surface area contributed by atoms with E-state index in [1.807, 2.05) is 45.0 Å². The number of rotatable bonds is 15. The van der Waals surface area contributed by atoms with Crippen LogP contribution in [0.2, 0.25) is 0 Å². The summed E-state index contributed by atoms with van der Waals surface area (Å²) in [6.07, 6.45) is 4.48. The predicted octanol–water partition coefficient (Wildman–Crippen LogP) is 2.72. The normalized spacial score (nSPS) is 20.2. The molecule has 2 unspecified atom stereocenters. The number of likely N-dealkylation sites (tertiary alicyclic amines) is 1. The summed E-state index contributed by atoms with van der Waals surface area (Å²) in [5, 5.41) is 10.9. The van der Waals surface area contributed by atoms with Gasteiger partial charge in [-0.25, -0.2) is 22.3 Å². The number of urea groups is 1. The van der Waals surface area contributed by atoms with Gasteiger partial charge in [0.15, 0.2) is 0 Å². The first-order valence-corrected chi connectivity index (χ1v) is 21.9. The lowest BCUT2D eigenvalue weighted by molar-refractivity contribution is -0.144. The van der Waals surface area contributed by atoms with Crippen molar-refractivity contribution in [2.75, 3.05) is 39.5 Å². The second kappa shape index (κ2) is 19.0. The Bertz CT molecular complexity index is 1820. The van der Waals surface area contributed by atoms with Gasteiger partial charge in [0, 0.05) is 45.7 Å². The molecule has 16 nitrogen and oxygen atoms in total. The van der Waals surface area contributed by atoms with E-state index in [0.29, 0.717) is 19.5 Å². The van der Waals surface area contributed by atoms with Crippen LogP contribution in [0.3, 0.4) is 0 Å². The number of carbonyl (C=O) groups excluding carboxylic acids is 6. The van der Waals surface area contributed by atoms with Gasteiger partial charge in [0.1, 0.15) is 18.2 Å². The summed E-state index contributed by atoms with van der Waals surface area (Å²) in [5.41, 5.74) is 0.655. The Labute approximate surface area is 343 Å². The Balaban J connectivity index is 1.60. The van der Waals surface area contributed by atoms with Crippen molar-refractivity contribution >= 4 is 45.7 Å². The van der Waals surface area contributed by atoms with Gasteiger partial charge < -0.3 is 35.8 Å². The number of nitrogens with zero attached hydrogens (tertiary/aromatic N) is 3. The van der Waals surface area contributed by atoms with Crippen molar-refractivity contribution in [3.8, 4) is 0 Å². The fraction of sp³-hybridized carbons (Fsp3) is 0.659. The Morgan fingerprint density at radius 1 is 0.983 bits per heavy atom. The quantitative estimate of drug-likeness (QED) is 0.151. The summed E-state index contributed by atoms with van der Waals surface area (Å²) < 4.78 is 31.6. The summed E-state index contributed by atoms with van der Waals surface area (Å²) >= 11 is 0. The summed E-state index contributed by atoms with van der Waals surface area (Å²) in [7, 11) is -2.15. The number of ketones is 1. The standard InChI is InChI=1S/C41H63N7O9S/c1-10-19-42-36(51)33(49)30(21-26-14-13-15-26)43-35(50)31-22-29(57-39(54)47-20-18-27-16-11-12-17-28(27)23-47)24-48(31)37(52)34(41(5,6)7)45-38(53)44-32(40(2,3)4)25-46(8)58(9,55)56/h10-12,16-17,26,29-32,34H,1,13-15,18-25H2,2-9H3,(H,42,51)(H,43,50)(H2,44,45,53)/t29-,30?,31?,32-,34-/m1/s1. The van der Waals surface area contributed by atoms with Crippen LogP contribution in [0.15, 0.2) is 36.9 Å². The van der Waals surface area contributed by atoms with E-state index in [4.69, 9.17) is 4.74 Å². The second-order valence-corrected chi connectivity index (χ2v) is 20.1. The largest absolute Gasteiger partial charge is 0.444 e. The molecule has 322 valence electrons. The molecule has 2 fully saturated rings. The van der Waals surface area contributed by atoms with Gasteiger partial charge in [-0.2, -0.15) is 0 Å². The number of carbonyl (C=O) groups is 6. The van der Waals surface area contributed by atoms with E-state index in [2.05, 4.69) is 27.8 Å². The molecule has 2 aliphatic heterocycles. The molecule has 0 radical (unpaired) electrons. The van der Waals surface area contributed by atoms with Crippen molar-refractivity contribution in [2.45, 2.75) is 117 Å². The average molecular weight is 830 g/mol. The molecular formula is C41H63N7O9S. The lowest BCUT2D eigenvalue weighted by Gasteiger charge is -2.37. The highest BCUT2D eigenvalue weighted by atomic mass is 32.2. The number of ether oxygens (including phenoxy) is 1. The Hall–Kier alpha value is -4.51. The molecule has 4 rings (SSSR count). The molecule has 6 amide bonds. The highest BCUT2D eigenvalue weighted by Crippen LogP contribution is 2.32. The van der Waals surface area contributed by atoms with E-state index < -0.39 is 86.8 Å². The highest BCUT2D eigenvalue weighted by molar-refractivity contribution is 7.88. The number of hydrogen-bond donors (Lipinski definition) is 4. The van der Waals surface area contributed by atoms with Crippen molar-refractivity contribution in [1.29, 1.82) is 0 Å². The molecule has 3 aliphatic rings. The third-order valence-corrected chi connectivity index (χ3v) is 12.6. The highest BCUT2D eigenvalue weighted by Gasteiger charge is 2.47. The maximum Gasteiger partial charge on any atom is 0.410 e. The van der Waals surface area contributed by atoms with E-state index in [9.17, 15) is 37.2 Å². The predicted molar refractivity (Wildman–Crippen MR) is 219 cm³/mol. The van der Waals surface area contributed by atoms with Crippen LogP contribution in [0, 0.1) is 16.7 Å². The minimum atomic E-state index is -3.57. The molecule has 2 heterocycles. The lowest BCUT2D eigenvalue weighted by Crippen LogP contribution is -2.62. The summed E-state index contributed by atoms with van der Waals surface area (Å²) in [6.45, 7) is 15.0. The number of sulfonamides is 1. The molecule has 5 atom stereocenters. The molecule has 0 aromatic heterocycles. The monoisotopic (exact) mass is 829 g/mol. The minimum absolute atomic E-state index is 0.0275. The van der Waals surface area contributed by atoms with E-state index in [0.717, 1.165) is 41.0 Å². The van der Waals surface area contributed by atoms with Gasteiger partial charge in [-0.1, -0.05) is 91.1 Å². The van der Waals surface area contributed by atoms with Gasteiger partial charge >= 0.3 is 12.1 Å². The average Bonchev–Trinajstić information content (AvgIpc) is 3.55. The van der Waals surface area contributed by atoms with Crippen LogP contribution in [-0.4, -0.2) is 128 Å². The number of hydrogen-bond acceptors (Lipinski definition) is 9. The third-order valence-electron chi connectivity index (χ3n) is 11.3. The first-order valence-electron chi connectivity index (χ1n) is 20.0. The Kier molecular flexibility index (Phi) is 15.2. The van der Waals surface area contributed by atoms with E-state index in [-0.39, 0.29) is 38.4 Å². The Morgan fingerprint density at radius 2 is 1.64 bits per heavy atom. The molecule has 1 aromatic rings. The molecule has 58 heavy (non-hydrogen) atoms. The zero-order valence-electron chi connectivity index (χ0n) is 35.3. The van der Waals surface area contributed by atoms with Gasteiger partial charge in [0.25, 0.3) is 5.91 Å². The van der Waals surface area contributed by atoms with Gasteiger partial charge in [-0.05, 0) is 40.7 Å². The fourth-order valence-electron chi connectivity index (χ4n) is 7.29. The number of amides is 6. The smallest absolute Gasteiger partial charge is 0.410 e. The van der Waals surface area contributed by atoms with Crippen LogP contribution in [0.4, 0.5) is 9.59 Å². The number of benzene rings is 1. The van der Waals surface area contributed by atoms with Crippen LogP contribution in [0.25, 0.3) is 0 Å². The van der Waals surface area contributed by atoms with Gasteiger partial charge in [0.05, 0.1) is 18.8 Å². The van der Waals surface area contributed by atoms with E-state index in [1.54, 1.807) is 25.7 Å². The zero-order valence-corrected chi connectivity index (χ0v) is 36.1. The van der Waals surface area contributed by atoms with Crippen molar-refractivity contribution in [3.05, 3.63) is 48.0 Å². The third kappa shape index (κ3) is 12.3. The molecule has 0 spiro atoms. The van der Waals surface area contributed by atoms with Crippen LogP contribution >= 0.6 is 0 Å². The zero-order chi connectivity index (χ0) is 43.2. The van der Waals surface area contributed by atoms with E-state index >= 15 is 0 Å². The van der Waals surface area contributed by atoms with Crippen molar-refractivity contribution < 1.29 is 41.9 Å². The molecule has 1 aromatic carbocycles. The SMILES string of the molecule is C=CCNC(=O)C(=O)C(CC1CCC1)NC(=O)C1C[C@@H](OC(=O)N2CCc3ccccc3C2)CN1C(=O)[C@@H](NC(=O)N[C@H](CN(C)S(C)(=O)=O)C(C)(C)C)C(C)(C)C. The first-order chi connectivity index (χ1) is 27.0. The van der Waals surface area contributed by atoms with Crippen molar-refractivity contribution in [1.82, 2.24) is 35.4 Å². The van der Waals surface area contributed by atoms with Crippen LogP contribution in [0.5, 0.6) is 0 Å². The number of Topliss-reactive ketones (excluding diaryl/α,β-unsaturated/α-hetero) is 1. The van der Waals surface area contributed by atoms with Gasteiger partial charge in [0.2, 0.25) is 27.6 Å². The molecule has 1 saturated heterocycles. The van der Waals surface area contributed by atoms with Crippen LogP contribution in [0.1, 0.15) is 84.8 Å². The lowest BCUT2D eigenvalue weighted by atomic mass is 9.80. The molecule has 1 saturated carbocycles. The summed E-state index contributed by atoms with van der Waals surface area (Å²) in [4.78, 5) is 85.3. The maximum atomic E-state index is 14.7. The summed E-state index contributed by atoms with van der Waals surface area (Å²) in [6, 6.07) is 2.86. The number of fused-ring (bicyclic) bond motifs is 1. The second-order valence-electron chi connectivity index (χ2n) is 18.0. The van der Waals surface area contributed by atoms with Crippen molar-refractivity contribution in [2.24, 2.45) is 16.7 Å². The van der Waals surface area contributed by atoms with Crippen molar-refractivity contribution in [3.63, 3.8) is 0 Å². The first kappa shape index (κ1) is 46.2. The van der Waals surface area contributed by atoms with Crippen LogP contribution in [-0.2, 0) is 46.9 Å². The molecular weight excluding hydrogens is 767 g/mol. The topological polar surface area (TPSA) is 204 Å². The Morgan fingerprint density at radius 3 is 2.21 bits per heavy atom. The molecule has 4 N–H and O–H groups in total. The summed E-state index contributed by atoms with van der Waals surface area (Å²) in [5.74, 6) is -2.86. The number of likely N-dealkylation sites (N-methyl/N-ethyl adjacent to an activating group) is 1.